The second kappa shape index (κ2) is 10.7. The van der Waals surface area contributed by atoms with E-state index in [4.69, 9.17) is 11.6 Å². The van der Waals surface area contributed by atoms with Crippen molar-refractivity contribution in [3.05, 3.63) is 53.1 Å². The molecule has 0 radical (unpaired) electrons. The van der Waals surface area contributed by atoms with Crippen LogP contribution in [0.4, 0.5) is 0 Å². The summed E-state index contributed by atoms with van der Waals surface area (Å²) >= 11 is 7.39. The number of nitrogens with zero attached hydrogens (tertiary/aromatic N) is 3. The molecule has 2 aromatic rings. The van der Waals surface area contributed by atoms with E-state index in [-0.39, 0.29) is 36.3 Å². The van der Waals surface area contributed by atoms with Gasteiger partial charge < -0.3 is 4.90 Å². The van der Waals surface area contributed by atoms with Crippen LogP contribution >= 0.6 is 48.2 Å². The van der Waals surface area contributed by atoms with Crippen LogP contribution in [0.25, 0.3) is 0 Å². The standard InChI is InChI=1S/C20H22ClN3O3S2.2ClH/c1-22-8-10-23(11-9-22)12-13-24-20(25)16-4-2-3-5-17(16)28-18-14-15(21)6-7-19(18)29(24,26)27;;/h2-7,14H,8-13H2,1H3;2*1H. The molecule has 170 valence electrons. The molecule has 2 aliphatic rings. The Morgan fingerprint density at radius 2 is 1.65 bits per heavy atom. The van der Waals surface area contributed by atoms with E-state index in [2.05, 4.69) is 16.8 Å². The minimum Gasteiger partial charge on any atom is -0.304 e. The van der Waals surface area contributed by atoms with Crippen LogP contribution in [0.15, 0.2) is 57.2 Å². The van der Waals surface area contributed by atoms with Gasteiger partial charge in [0.25, 0.3) is 15.9 Å². The number of amides is 1. The van der Waals surface area contributed by atoms with Crippen molar-refractivity contribution in [2.45, 2.75) is 14.7 Å². The number of likely N-dealkylation sites (N-methyl/N-ethyl adjacent to an activating group) is 1. The van der Waals surface area contributed by atoms with E-state index in [9.17, 15) is 13.2 Å². The van der Waals surface area contributed by atoms with E-state index >= 15 is 0 Å². The van der Waals surface area contributed by atoms with Crippen molar-refractivity contribution in [3.63, 3.8) is 0 Å². The molecule has 0 saturated carbocycles. The Balaban J connectivity index is 0.00000171. The third-order valence-electron chi connectivity index (χ3n) is 5.25. The van der Waals surface area contributed by atoms with Crippen LogP contribution in [0.1, 0.15) is 10.4 Å². The van der Waals surface area contributed by atoms with Crippen LogP contribution in [-0.2, 0) is 10.0 Å². The van der Waals surface area contributed by atoms with Crippen molar-refractivity contribution in [2.75, 3.05) is 46.3 Å². The van der Waals surface area contributed by atoms with Crippen LogP contribution in [0.3, 0.4) is 0 Å². The van der Waals surface area contributed by atoms with E-state index in [0.717, 1.165) is 35.4 Å². The zero-order valence-corrected chi connectivity index (χ0v) is 20.9. The summed E-state index contributed by atoms with van der Waals surface area (Å²) in [5.41, 5.74) is 0.394. The molecule has 0 N–H and O–H groups in total. The van der Waals surface area contributed by atoms with Crippen molar-refractivity contribution in [1.82, 2.24) is 14.1 Å². The summed E-state index contributed by atoms with van der Waals surface area (Å²) in [6, 6.07) is 11.8. The second-order valence-electron chi connectivity index (χ2n) is 7.22. The molecule has 1 amide bonds. The molecular formula is C20H24Cl3N3O3S2. The Morgan fingerprint density at radius 3 is 2.35 bits per heavy atom. The fraction of sp³-hybridized carbons (Fsp3) is 0.350. The number of carbonyl (C=O) groups is 1. The summed E-state index contributed by atoms with van der Waals surface area (Å²) < 4.78 is 27.9. The van der Waals surface area contributed by atoms with Gasteiger partial charge in [0.15, 0.2) is 0 Å². The van der Waals surface area contributed by atoms with Gasteiger partial charge in [-0.15, -0.1) is 24.8 Å². The summed E-state index contributed by atoms with van der Waals surface area (Å²) in [6.45, 7) is 4.21. The lowest BCUT2D eigenvalue weighted by Gasteiger charge is -2.34. The molecule has 0 bridgehead atoms. The summed E-state index contributed by atoms with van der Waals surface area (Å²) in [6.07, 6.45) is 0. The maximum atomic E-state index is 13.5. The first-order chi connectivity index (χ1) is 13.9. The van der Waals surface area contributed by atoms with Crippen molar-refractivity contribution in [1.29, 1.82) is 0 Å². The van der Waals surface area contributed by atoms with E-state index in [0.29, 0.717) is 22.0 Å². The Morgan fingerprint density at radius 1 is 0.968 bits per heavy atom. The van der Waals surface area contributed by atoms with Crippen LogP contribution < -0.4 is 0 Å². The average Bonchev–Trinajstić information content (AvgIpc) is 2.69. The van der Waals surface area contributed by atoms with Gasteiger partial charge in [0.1, 0.15) is 4.90 Å². The number of hydrogen-bond acceptors (Lipinski definition) is 6. The van der Waals surface area contributed by atoms with Gasteiger partial charge in [-0.3, -0.25) is 9.69 Å². The first kappa shape index (κ1) is 26.3. The SMILES string of the molecule is CN1CCN(CCN2C(=O)c3ccccc3Sc3cc(Cl)ccc3S2(=O)=O)CC1.Cl.Cl. The molecule has 6 nitrogen and oxygen atoms in total. The number of fused-ring (bicyclic) bond motifs is 2. The molecule has 2 aliphatic heterocycles. The molecule has 1 fully saturated rings. The lowest BCUT2D eigenvalue weighted by atomic mass is 10.2. The Labute approximate surface area is 204 Å². The molecule has 1 saturated heterocycles. The van der Waals surface area contributed by atoms with E-state index in [1.165, 1.54) is 17.8 Å². The number of halogens is 3. The van der Waals surface area contributed by atoms with Crippen molar-refractivity contribution in [3.8, 4) is 0 Å². The zero-order chi connectivity index (χ0) is 20.6. The smallest absolute Gasteiger partial charge is 0.268 e. The Hall–Kier alpha value is -1.000. The van der Waals surface area contributed by atoms with Gasteiger partial charge in [-0.1, -0.05) is 35.5 Å². The summed E-state index contributed by atoms with van der Waals surface area (Å²) in [4.78, 5) is 19.1. The van der Waals surface area contributed by atoms with Gasteiger partial charge >= 0.3 is 0 Å². The molecule has 0 spiro atoms. The highest BCUT2D eigenvalue weighted by Gasteiger charge is 2.35. The predicted molar refractivity (Wildman–Crippen MR) is 129 cm³/mol. The van der Waals surface area contributed by atoms with Crippen molar-refractivity contribution < 1.29 is 13.2 Å². The van der Waals surface area contributed by atoms with Gasteiger partial charge in [-0.2, -0.15) is 0 Å². The number of sulfonamides is 1. The summed E-state index contributed by atoms with van der Waals surface area (Å²) in [5.74, 6) is -0.483. The largest absolute Gasteiger partial charge is 0.304 e. The van der Waals surface area contributed by atoms with Gasteiger partial charge in [0.05, 0.1) is 12.1 Å². The molecule has 2 aromatic carbocycles. The lowest BCUT2D eigenvalue weighted by molar-refractivity contribution is 0.0832. The highest BCUT2D eigenvalue weighted by Crippen LogP contribution is 2.40. The quantitative estimate of drug-likeness (QED) is 0.610. The van der Waals surface area contributed by atoms with E-state index in [1.807, 2.05) is 12.1 Å². The lowest BCUT2D eigenvalue weighted by Crippen LogP contribution is -2.48. The third kappa shape index (κ3) is 5.50. The molecular weight excluding hydrogens is 501 g/mol. The Kier molecular flexibility index (Phi) is 9.10. The molecule has 11 heteroatoms. The number of hydrogen-bond donors (Lipinski definition) is 0. The topological polar surface area (TPSA) is 60.9 Å². The number of benzene rings is 2. The maximum Gasteiger partial charge on any atom is 0.268 e. The van der Waals surface area contributed by atoms with Gasteiger partial charge in [-0.05, 0) is 37.4 Å². The first-order valence-electron chi connectivity index (χ1n) is 9.40. The first-order valence-corrected chi connectivity index (χ1v) is 12.0. The number of piperazine rings is 1. The fourth-order valence-corrected chi connectivity index (χ4v) is 6.62. The van der Waals surface area contributed by atoms with Crippen molar-refractivity contribution >= 4 is 64.1 Å². The molecule has 0 atom stereocenters. The molecule has 31 heavy (non-hydrogen) atoms. The molecule has 4 rings (SSSR count). The molecule has 0 aliphatic carbocycles. The van der Waals surface area contributed by atoms with E-state index in [1.54, 1.807) is 24.3 Å². The van der Waals surface area contributed by atoms with Gasteiger partial charge in [0.2, 0.25) is 0 Å². The summed E-state index contributed by atoms with van der Waals surface area (Å²) in [7, 11) is -1.93. The van der Waals surface area contributed by atoms with Gasteiger partial charge in [0, 0.05) is 47.5 Å². The third-order valence-corrected chi connectivity index (χ3v) is 8.59. The monoisotopic (exact) mass is 523 g/mol. The maximum absolute atomic E-state index is 13.5. The molecule has 0 aromatic heterocycles. The second-order valence-corrected chi connectivity index (χ2v) is 10.6. The summed E-state index contributed by atoms with van der Waals surface area (Å²) in [5, 5.41) is 0.458. The van der Waals surface area contributed by atoms with E-state index < -0.39 is 15.9 Å². The van der Waals surface area contributed by atoms with Gasteiger partial charge in [-0.25, -0.2) is 12.7 Å². The predicted octanol–water partition coefficient (Wildman–Crippen LogP) is 3.73. The average molecular weight is 525 g/mol. The molecule has 2 heterocycles. The number of rotatable bonds is 3. The normalized spacial score (nSPS) is 18.6. The zero-order valence-electron chi connectivity index (χ0n) is 16.9. The highest BCUT2D eigenvalue weighted by atomic mass is 35.5. The van der Waals surface area contributed by atoms with Crippen LogP contribution in [0.2, 0.25) is 5.02 Å². The van der Waals surface area contributed by atoms with Crippen LogP contribution in [-0.4, -0.2) is 74.7 Å². The van der Waals surface area contributed by atoms with Crippen LogP contribution in [0.5, 0.6) is 0 Å². The number of carbonyl (C=O) groups excluding carboxylic acids is 1. The highest BCUT2D eigenvalue weighted by molar-refractivity contribution is 8.00. The fourth-order valence-electron chi connectivity index (χ4n) is 3.51. The van der Waals surface area contributed by atoms with Crippen LogP contribution in [0, 0.1) is 0 Å². The minimum atomic E-state index is -4.00. The minimum absolute atomic E-state index is 0. The Bertz CT molecular complexity index is 1040. The van der Waals surface area contributed by atoms with Crippen molar-refractivity contribution in [2.24, 2.45) is 0 Å². The molecule has 0 unspecified atom stereocenters.